The summed E-state index contributed by atoms with van der Waals surface area (Å²) in [7, 11) is 0. The van der Waals surface area contributed by atoms with Crippen LogP contribution in [0.5, 0.6) is 0 Å². The van der Waals surface area contributed by atoms with E-state index in [1.54, 1.807) is 0 Å². The maximum atomic E-state index is 6.51. The van der Waals surface area contributed by atoms with Gasteiger partial charge in [-0.25, -0.2) is 0 Å². The molecule has 1 aliphatic rings. The molecule has 0 aliphatic heterocycles. The number of hydrogen-bond acceptors (Lipinski definition) is 2. The van der Waals surface area contributed by atoms with Gasteiger partial charge in [-0.15, -0.1) is 0 Å². The lowest BCUT2D eigenvalue weighted by Crippen LogP contribution is -2.45. The molecule has 0 saturated heterocycles. The molecule has 2 heteroatoms. The summed E-state index contributed by atoms with van der Waals surface area (Å²) < 4.78 is 0. The van der Waals surface area contributed by atoms with Crippen molar-refractivity contribution in [1.82, 2.24) is 0 Å². The molecule has 0 saturated carbocycles. The highest BCUT2D eigenvalue weighted by Gasteiger charge is 2.29. The fourth-order valence-electron chi connectivity index (χ4n) is 2.61. The second-order valence-electron chi connectivity index (χ2n) is 4.90. The van der Waals surface area contributed by atoms with Gasteiger partial charge in [0.1, 0.15) is 0 Å². The van der Waals surface area contributed by atoms with Crippen LogP contribution in [-0.2, 0) is 12.8 Å². The zero-order chi connectivity index (χ0) is 11.4. The third-order valence-corrected chi connectivity index (χ3v) is 4.27. The quantitative estimate of drug-likeness (QED) is 0.812. The predicted molar refractivity (Wildman–Crippen MR) is 73.0 cm³/mol. The van der Waals surface area contributed by atoms with E-state index in [9.17, 15) is 0 Å². The van der Waals surface area contributed by atoms with Gasteiger partial charge in [0.25, 0.3) is 0 Å². The van der Waals surface area contributed by atoms with E-state index in [0.29, 0.717) is 0 Å². The highest BCUT2D eigenvalue weighted by molar-refractivity contribution is 7.98. The molecule has 1 aromatic carbocycles. The van der Waals surface area contributed by atoms with Gasteiger partial charge >= 0.3 is 0 Å². The standard InChI is InChI=1S/C14H21NS/c1-16-10-4-8-14(15)9-7-12-5-2-3-6-13(12)11-14/h2-3,5-6H,4,7-11,15H2,1H3. The fraction of sp³-hybridized carbons (Fsp3) is 0.571. The van der Waals surface area contributed by atoms with Crippen molar-refractivity contribution < 1.29 is 0 Å². The Morgan fingerprint density at radius 2 is 2.06 bits per heavy atom. The minimum atomic E-state index is 0.0596. The van der Waals surface area contributed by atoms with Crippen molar-refractivity contribution in [3.05, 3.63) is 35.4 Å². The van der Waals surface area contributed by atoms with Crippen LogP contribution in [0.1, 0.15) is 30.4 Å². The molecular weight excluding hydrogens is 214 g/mol. The minimum absolute atomic E-state index is 0.0596. The first-order valence-electron chi connectivity index (χ1n) is 6.08. The molecule has 2 rings (SSSR count). The maximum Gasteiger partial charge on any atom is 0.0198 e. The Morgan fingerprint density at radius 3 is 2.81 bits per heavy atom. The lowest BCUT2D eigenvalue weighted by atomic mass is 9.76. The van der Waals surface area contributed by atoms with Gasteiger partial charge in [0.15, 0.2) is 0 Å². The van der Waals surface area contributed by atoms with Gasteiger partial charge in [-0.2, -0.15) is 11.8 Å². The Labute approximate surface area is 103 Å². The molecule has 2 N–H and O–H groups in total. The van der Waals surface area contributed by atoms with E-state index in [1.807, 2.05) is 11.8 Å². The van der Waals surface area contributed by atoms with E-state index in [-0.39, 0.29) is 5.54 Å². The third-order valence-electron chi connectivity index (χ3n) is 3.58. The number of rotatable bonds is 4. The number of fused-ring (bicyclic) bond motifs is 1. The van der Waals surface area contributed by atoms with Crippen molar-refractivity contribution in [3.8, 4) is 0 Å². The van der Waals surface area contributed by atoms with E-state index < -0.39 is 0 Å². The Kier molecular flexibility index (Phi) is 3.93. The highest BCUT2D eigenvalue weighted by atomic mass is 32.2. The summed E-state index contributed by atoms with van der Waals surface area (Å²) in [5.41, 5.74) is 9.55. The summed E-state index contributed by atoms with van der Waals surface area (Å²) >= 11 is 1.92. The van der Waals surface area contributed by atoms with Gasteiger partial charge in [-0.3, -0.25) is 0 Å². The SMILES string of the molecule is CSCCCC1(N)CCc2ccccc2C1. The maximum absolute atomic E-state index is 6.51. The molecule has 1 unspecified atom stereocenters. The van der Waals surface area contributed by atoms with Crippen molar-refractivity contribution in [2.45, 2.75) is 37.6 Å². The van der Waals surface area contributed by atoms with Crippen LogP contribution in [0.2, 0.25) is 0 Å². The van der Waals surface area contributed by atoms with Crippen LogP contribution in [0.15, 0.2) is 24.3 Å². The average molecular weight is 235 g/mol. The van der Waals surface area contributed by atoms with Crippen LogP contribution in [0, 0.1) is 0 Å². The molecule has 0 aromatic heterocycles. The average Bonchev–Trinajstić information content (AvgIpc) is 2.29. The Hall–Kier alpha value is -0.470. The molecule has 1 aromatic rings. The largest absolute Gasteiger partial charge is 0.325 e. The van der Waals surface area contributed by atoms with E-state index in [1.165, 1.54) is 29.7 Å². The number of nitrogens with two attached hydrogens (primary N) is 1. The van der Waals surface area contributed by atoms with Crippen LogP contribution >= 0.6 is 11.8 Å². The summed E-state index contributed by atoms with van der Waals surface area (Å²) in [4.78, 5) is 0. The number of thioether (sulfide) groups is 1. The molecule has 0 fully saturated rings. The first-order valence-corrected chi connectivity index (χ1v) is 7.47. The van der Waals surface area contributed by atoms with E-state index in [2.05, 4.69) is 30.5 Å². The lowest BCUT2D eigenvalue weighted by molar-refractivity contribution is 0.344. The van der Waals surface area contributed by atoms with E-state index in [4.69, 9.17) is 5.73 Å². The molecular formula is C14H21NS. The lowest BCUT2D eigenvalue weighted by Gasteiger charge is -2.35. The first-order chi connectivity index (χ1) is 7.73. The van der Waals surface area contributed by atoms with Gasteiger partial charge in [0.2, 0.25) is 0 Å². The fourth-order valence-corrected chi connectivity index (χ4v) is 3.04. The molecule has 16 heavy (non-hydrogen) atoms. The number of benzene rings is 1. The zero-order valence-electron chi connectivity index (χ0n) is 10.0. The van der Waals surface area contributed by atoms with Gasteiger partial charge in [-0.05, 0) is 55.2 Å². The normalized spacial score (nSPS) is 24.1. The summed E-state index contributed by atoms with van der Waals surface area (Å²) in [6, 6.07) is 8.75. The Bertz CT molecular complexity index is 350. The van der Waals surface area contributed by atoms with Crippen LogP contribution in [0.3, 0.4) is 0 Å². The van der Waals surface area contributed by atoms with Crippen LogP contribution in [0.25, 0.3) is 0 Å². The molecule has 88 valence electrons. The number of aryl methyl sites for hydroxylation is 1. The molecule has 1 aliphatic carbocycles. The Morgan fingerprint density at radius 1 is 1.31 bits per heavy atom. The molecule has 0 spiro atoms. The second-order valence-corrected chi connectivity index (χ2v) is 5.89. The van der Waals surface area contributed by atoms with E-state index in [0.717, 1.165) is 19.3 Å². The molecule has 0 heterocycles. The van der Waals surface area contributed by atoms with Crippen molar-refractivity contribution in [2.24, 2.45) is 5.73 Å². The molecule has 1 nitrogen and oxygen atoms in total. The van der Waals surface area contributed by atoms with Crippen molar-refractivity contribution in [3.63, 3.8) is 0 Å². The van der Waals surface area contributed by atoms with Crippen LogP contribution < -0.4 is 5.73 Å². The Balaban J connectivity index is 2.00. The van der Waals surface area contributed by atoms with Crippen molar-refractivity contribution >= 4 is 11.8 Å². The third kappa shape index (κ3) is 2.80. The minimum Gasteiger partial charge on any atom is -0.325 e. The topological polar surface area (TPSA) is 26.0 Å². The van der Waals surface area contributed by atoms with Crippen molar-refractivity contribution in [2.75, 3.05) is 12.0 Å². The summed E-state index contributed by atoms with van der Waals surface area (Å²) in [6.45, 7) is 0. The van der Waals surface area contributed by atoms with Gasteiger partial charge < -0.3 is 5.73 Å². The summed E-state index contributed by atoms with van der Waals surface area (Å²) in [5.74, 6) is 1.24. The summed E-state index contributed by atoms with van der Waals surface area (Å²) in [6.07, 6.45) is 7.96. The molecule has 0 radical (unpaired) electrons. The van der Waals surface area contributed by atoms with Crippen LogP contribution in [0.4, 0.5) is 0 Å². The van der Waals surface area contributed by atoms with E-state index >= 15 is 0 Å². The van der Waals surface area contributed by atoms with Crippen LogP contribution in [-0.4, -0.2) is 17.5 Å². The smallest absolute Gasteiger partial charge is 0.0198 e. The monoisotopic (exact) mass is 235 g/mol. The first kappa shape index (κ1) is 12.0. The van der Waals surface area contributed by atoms with Gasteiger partial charge in [-0.1, -0.05) is 24.3 Å². The second kappa shape index (κ2) is 5.24. The summed E-state index contributed by atoms with van der Waals surface area (Å²) in [5, 5.41) is 0. The molecule has 1 atom stereocenters. The highest BCUT2D eigenvalue weighted by Crippen LogP contribution is 2.30. The molecule has 0 bridgehead atoms. The van der Waals surface area contributed by atoms with Gasteiger partial charge in [0.05, 0.1) is 0 Å². The predicted octanol–water partition coefficient (Wildman–Crippen LogP) is 3.02. The zero-order valence-corrected chi connectivity index (χ0v) is 10.9. The van der Waals surface area contributed by atoms with Gasteiger partial charge in [0, 0.05) is 5.54 Å². The van der Waals surface area contributed by atoms with Crippen molar-refractivity contribution in [1.29, 1.82) is 0 Å². The molecule has 0 amide bonds. The number of hydrogen-bond donors (Lipinski definition) is 1.